The Kier molecular flexibility index (Phi) is 7.04. The van der Waals surface area contributed by atoms with Crippen LogP contribution in [-0.2, 0) is 0 Å². The minimum absolute atomic E-state index is 0.842. The molecule has 0 saturated heterocycles. The smallest absolute Gasteiger partial charge is 0.119 e. The quantitative estimate of drug-likeness (QED) is 0.529. The molecule has 1 aromatic rings. The van der Waals surface area contributed by atoms with Crippen molar-refractivity contribution in [3.8, 4) is 5.75 Å². The van der Waals surface area contributed by atoms with E-state index in [1.165, 1.54) is 24.6 Å². The van der Waals surface area contributed by atoms with E-state index in [2.05, 4.69) is 34.5 Å². The number of hydrogen-bond donors (Lipinski definition) is 0. The number of hydrogen-bond acceptors (Lipinski definition) is 1. The first-order valence-corrected chi connectivity index (χ1v) is 8.82. The fourth-order valence-corrected chi connectivity index (χ4v) is 2.59. The summed E-state index contributed by atoms with van der Waals surface area (Å²) in [6.07, 6.45) is 5.03. The topological polar surface area (TPSA) is 9.23 Å². The predicted molar refractivity (Wildman–Crippen MR) is 72.6 cm³/mol. The maximum Gasteiger partial charge on any atom is 0.119 e. The first kappa shape index (κ1) is 13.0. The maximum absolute atomic E-state index is 5.66. The number of unbranched alkanes of at least 4 members (excludes halogenated alkanes) is 2. The minimum Gasteiger partial charge on any atom is -0.494 e. The van der Waals surface area contributed by atoms with Gasteiger partial charge in [0.05, 0.1) is 6.61 Å². The van der Waals surface area contributed by atoms with Crippen molar-refractivity contribution in [1.29, 1.82) is 0 Å². The first-order chi connectivity index (χ1) is 7.33. The van der Waals surface area contributed by atoms with Gasteiger partial charge in [-0.3, -0.25) is 0 Å². The largest absolute Gasteiger partial charge is 0.494 e. The van der Waals surface area contributed by atoms with Crippen LogP contribution in [0.5, 0.6) is 5.75 Å². The van der Waals surface area contributed by atoms with Gasteiger partial charge < -0.3 is 4.74 Å². The van der Waals surface area contributed by atoms with Crippen LogP contribution in [0, 0.1) is 6.92 Å². The van der Waals surface area contributed by atoms with Gasteiger partial charge in [-0.1, -0.05) is 34.9 Å². The van der Waals surface area contributed by atoms with E-state index in [0.29, 0.717) is 0 Å². The van der Waals surface area contributed by atoms with Crippen molar-refractivity contribution in [2.24, 2.45) is 0 Å². The van der Waals surface area contributed by atoms with Crippen LogP contribution in [0.4, 0.5) is 0 Å². The minimum atomic E-state index is 0.842. The van der Waals surface area contributed by atoms with Crippen molar-refractivity contribution in [2.75, 3.05) is 12.8 Å². The van der Waals surface area contributed by atoms with Gasteiger partial charge in [-0.2, -0.15) is 0 Å². The SMILES string of the molecule is Cc1cccc(OCCCCCPBr)c1. The molecule has 0 aliphatic heterocycles. The molecule has 0 amide bonds. The third-order valence-electron chi connectivity index (χ3n) is 2.17. The molecule has 1 rings (SSSR count). The molecule has 0 aliphatic rings. The third kappa shape index (κ3) is 6.17. The Morgan fingerprint density at radius 1 is 1.27 bits per heavy atom. The maximum atomic E-state index is 5.66. The average molecular weight is 289 g/mol. The van der Waals surface area contributed by atoms with Crippen molar-refractivity contribution in [3.05, 3.63) is 29.8 Å². The van der Waals surface area contributed by atoms with Crippen LogP contribution in [-0.4, -0.2) is 12.8 Å². The Morgan fingerprint density at radius 2 is 2.13 bits per heavy atom. The lowest BCUT2D eigenvalue weighted by molar-refractivity contribution is 0.306. The number of halogens is 1. The molecule has 0 radical (unpaired) electrons. The summed E-state index contributed by atoms with van der Waals surface area (Å²) in [7, 11) is 0.913. The lowest BCUT2D eigenvalue weighted by atomic mass is 10.2. The van der Waals surface area contributed by atoms with Crippen LogP contribution in [0.1, 0.15) is 24.8 Å². The van der Waals surface area contributed by atoms with Crippen LogP contribution >= 0.6 is 22.8 Å². The van der Waals surface area contributed by atoms with Gasteiger partial charge in [0, 0.05) is 0 Å². The second kappa shape index (κ2) is 8.13. The molecular formula is C12H18BrOP. The van der Waals surface area contributed by atoms with Crippen molar-refractivity contribution in [3.63, 3.8) is 0 Å². The highest BCUT2D eigenvalue weighted by molar-refractivity contribution is 9.36. The highest BCUT2D eigenvalue weighted by Gasteiger charge is 1.94. The highest BCUT2D eigenvalue weighted by atomic mass is 79.9. The van der Waals surface area contributed by atoms with E-state index in [4.69, 9.17) is 4.74 Å². The summed E-state index contributed by atoms with van der Waals surface area (Å²) < 4.78 is 5.66. The van der Waals surface area contributed by atoms with E-state index in [9.17, 15) is 0 Å². The molecule has 1 atom stereocenters. The molecule has 1 nitrogen and oxygen atoms in total. The molecule has 0 fully saturated rings. The van der Waals surface area contributed by atoms with Crippen LogP contribution in [0.2, 0.25) is 0 Å². The van der Waals surface area contributed by atoms with Crippen LogP contribution < -0.4 is 4.74 Å². The van der Waals surface area contributed by atoms with Crippen molar-refractivity contribution >= 4 is 22.8 Å². The summed E-state index contributed by atoms with van der Waals surface area (Å²) >= 11 is 3.46. The number of ether oxygens (including phenoxy) is 1. The summed E-state index contributed by atoms with van der Waals surface area (Å²) in [5.74, 6) is 0.998. The Balaban J connectivity index is 2.10. The molecule has 0 N–H and O–H groups in total. The highest BCUT2D eigenvalue weighted by Crippen LogP contribution is 2.21. The summed E-state index contributed by atoms with van der Waals surface area (Å²) in [4.78, 5) is 0. The average Bonchev–Trinajstić information content (AvgIpc) is 2.23. The molecule has 1 unspecified atom stereocenters. The Labute approximate surface area is 102 Å². The number of aryl methyl sites for hydroxylation is 1. The van der Waals surface area contributed by atoms with E-state index in [-0.39, 0.29) is 0 Å². The Hall–Kier alpha value is -0.0700. The van der Waals surface area contributed by atoms with Gasteiger partial charge in [-0.05, 0) is 50.0 Å². The summed E-state index contributed by atoms with van der Waals surface area (Å²) in [6, 6.07) is 8.23. The van der Waals surface area contributed by atoms with Gasteiger partial charge >= 0.3 is 0 Å². The van der Waals surface area contributed by atoms with Gasteiger partial charge in [0.25, 0.3) is 0 Å². The summed E-state index contributed by atoms with van der Waals surface area (Å²) in [5, 5.41) is 0. The van der Waals surface area contributed by atoms with Gasteiger partial charge in [0.2, 0.25) is 0 Å². The van der Waals surface area contributed by atoms with Gasteiger partial charge in [-0.25, -0.2) is 0 Å². The zero-order chi connectivity index (χ0) is 10.9. The fraction of sp³-hybridized carbons (Fsp3) is 0.500. The van der Waals surface area contributed by atoms with Crippen molar-refractivity contribution in [1.82, 2.24) is 0 Å². The first-order valence-electron chi connectivity index (χ1n) is 5.36. The molecule has 0 spiro atoms. The molecule has 84 valence electrons. The van der Waals surface area contributed by atoms with Crippen molar-refractivity contribution in [2.45, 2.75) is 26.2 Å². The molecule has 0 aliphatic carbocycles. The Morgan fingerprint density at radius 3 is 2.87 bits per heavy atom. The second-order valence-corrected chi connectivity index (χ2v) is 6.06. The lowest BCUT2D eigenvalue weighted by Crippen LogP contribution is -1.97. The lowest BCUT2D eigenvalue weighted by Gasteiger charge is -2.06. The van der Waals surface area contributed by atoms with Crippen LogP contribution in [0.25, 0.3) is 0 Å². The second-order valence-electron chi connectivity index (χ2n) is 3.61. The van der Waals surface area contributed by atoms with E-state index < -0.39 is 0 Å². The zero-order valence-electron chi connectivity index (χ0n) is 9.13. The zero-order valence-corrected chi connectivity index (χ0v) is 11.7. The van der Waals surface area contributed by atoms with Gasteiger partial charge in [-0.15, -0.1) is 0 Å². The normalized spacial score (nSPS) is 11.1. The summed E-state index contributed by atoms with van der Waals surface area (Å²) in [5.41, 5.74) is 1.26. The molecule has 0 bridgehead atoms. The molecule has 0 aromatic heterocycles. The molecule has 0 heterocycles. The number of rotatable bonds is 7. The summed E-state index contributed by atoms with van der Waals surface area (Å²) in [6.45, 7) is 2.93. The van der Waals surface area contributed by atoms with E-state index in [1.54, 1.807) is 0 Å². The Bertz CT molecular complexity index is 278. The molecule has 3 heteroatoms. The molecule has 15 heavy (non-hydrogen) atoms. The van der Waals surface area contributed by atoms with Crippen molar-refractivity contribution < 1.29 is 4.74 Å². The predicted octanol–water partition coefficient (Wildman–Crippen LogP) is 4.53. The van der Waals surface area contributed by atoms with E-state index in [0.717, 1.165) is 26.1 Å². The molecular weight excluding hydrogens is 271 g/mol. The van der Waals surface area contributed by atoms with Crippen LogP contribution in [0.3, 0.4) is 0 Å². The van der Waals surface area contributed by atoms with Gasteiger partial charge in [0.1, 0.15) is 5.75 Å². The number of benzene rings is 1. The van der Waals surface area contributed by atoms with E-state index >= 15 is 0 Å². The molecule has 1 aromatic carbocycles. The molecule has 0 saturated carbocycles. The van der Waals surface area contributed by atoms with Crippen LogP contribution in [0.15, 0.2) is 24.3 Å². The standard InChI is InChI=1S/C12H18BrOP/c1-11-6-5-7-12(10-11)14-8-3-2-4-9-15-13/h5-7,10,15H,2-4,8-9H2,1H3. The van der Waals surface area contributed by atoms with Gasteiger partial charge in [0.15, 0.2) is 0 Å². The monoisotopic (exact) mass is 288 g/mol. The fourth-order valence-electron chi connectivity index (χ4n) is 1.37. The third-order valence-corrected chi connectivity index (χ3v) is 3.91. The van der Waals surface area contributed by atoms with E-state index in [1.807, 2.05) is 12.1 Å².